The van der Waals surface area contributed by atoms with Crippen LogP contribution in [-0.4, -0.2) is 9.38 Å². The minimum atomic E-state index is -0.523. The Labute approximate surface area is 115 Å². The number of hydrogen-bond donors (Lipinski definition) is 0. The lowest BCUT2D eigenvalue weighted by Gasteiger charge is -1.97. The van der Waals surface area contributed by atoms with Gasteiger partial charge in [0.2, 0.25) is 16.3 Å². The zero-order chi connectivity index (χ0) is 14.7. The van der Waals surface area contributed by atoms with Crippen molar-refractivity contribution < 1.29 is 0 Å². The third-order valence-corrected chi connectivity index (χ3v) is 3.54. The summed E-state index contributed by atoms with van der Waals surface area (Å²) < 4.78 is 0.948. The Morgan fingerprint density at radius 2 is 1.48 bits per heavy atom. The first-order chi connectivity index (χ1) is 10.1. The largest absolute Gasteiger partial charge is 0.288 e. The number of aromatic nitrogens is 2. The van der Waals surface area contributed by atoms with Crippen molar-refractivity contribution in [2.24, 2.45) is 0 Å². The number of fused-ring (bicyclic) bond motifs is 4. The minimum Gasteiger partial charge on any atom is -0.288 e. The van der Waals surface area contributed by atoms with Crippen LogP contribution in [-0.2, 0) is 0 Å². The van der Waals surface area contributed by atoms with Crippen molar-refractivity contribution in [3.05, 3.63) is 77.4 Å². The quantitative estimate of drug-likeness (QED) is 0.450. The van der Waals surface area contributed by atoms with Gasteiger partial charge in [-0.05, 0) is 18.2 Å². The second kappa shape index (κ2) is 3.69. The number of nitrogens with zero attached hydrogens (tertiary/aromatic N) is 2. The van der Waals surface area contributed by atoms with Crippen molar-refractivity contribution in [1.82, 2.24) is 9.38 Å². The van der Waals surface area contributed by atoms with Gasteiger partial charge in [0.1, 0.15) is 11.0 Å². The topological polar surface area (TPSA) is 85.6 Å². The Balaban J connectivity index is 2.55. The van der Waals surface area contributed by atoms with E-state index >= 15 is 0 Å². The molecule has 0 aliphatic rings. The molecule has 0 radical (unpaired) electrons. The molecule has 2 aromatic heterocycles. The van der Waals surface area contributed by atoms with Gasteiger partial charge in [-0.2, -0.15) is 0 Å². The molecule has 0 aliphatic carbocycles. The summed E-state index contributed by atoms with van der Waals surface area (Å²) in [6.07, 6.45) is 0. The molecule has 2 aromatic carbocycles. The summed E-state index contributed by atoms with van der Waals surface area (Å²) in [5.41, 5.74) is -2.46. The summed E-state index contributed by atoms with van der Waals surface area (Å²) in [6, 6.07) is 8.47. The van der Waals surface area contributed by atoms with Crippen LogP contribution in [0.1, 0.15) is 0 Å². The summed E-state index contributed by atoms with van der Waals surface area (Å²) in [4.78, 5) is 52.6. The highest BCUT2D eigenvalue weighted by molar-refractivity contribution is 5.89. The molecule has 0 aliphatic heterocycles. The summed E-state index contributed by atoms with van der Waals surface area (Å²) in [5.74, 6) is 0. The highest BCUT2D eigenvalue weighted by Crippen LogP contribution is 2.10. The maximum atomic E-state index is 12.5. The van der Waals surface area contributed by atoms with E-state index in [-0.39, 0.29) is 27.5 Å². The van der Waals surface area contributed by atoms with Crippen molar-refractivity contribution >= 4 is 27.5 Å². The highest BCUT2D eigenvalue weighted by Gasteiger charge is 2.18. The lowest BCUT2D eigenvalue weighted by atomic mass is 10.1. The normalized spacial score (nSPS) is 11.6. The molecular weight excluding hydrogens is 272 g/mol. The number of pyridine rings is 1. The van der Waals surface area contributed by atoms with Crippen molar-refractivity contribution in [2.75, 3.05) is 0 Å². The van der Waals surface area contributed by atoms with Gasteiger partial charge in [0.15, 0.2) is 5.65 Å². The van der Waals surface area contributed by atoms with Gasteiger partial charge in [0.05, 0.1) is 5.39 Å². The third-order valence-electron chi connectivity index (χ3n) is 3.54. The molecule has 0 saturated carbocycles. The number of hydrogen-bond acceptors (Lipinski definition) is 5. The second-order valence-electron chi connectivity index (χ2n) is 4.71. The maximum Gasteiger partial charge on any atom is 0.265 e. The van der Waals surface area contributed by atoms with Crippen LogP contribution in [0.3, 0.4) is 0 Å². The molecule has 0 bridgehead atoms. The summed E-state index contributed by atoms with van der Waals surface area (Å²) >= 11 is 0. The number of rotatable bonds is 0. The zero-order valence-corrected chi connectivity index (χ0v) is 10.5. The molecule has 0 amide bonds. The van der Waals surface area contributed by atoms with Gasteiger partial charge in [0, 0.05) is 5.39 Å². The number of imidazole rings is 1. The fourth-order valence-corrected chi connectivity index (χ4v) is 2.59. The molecule has 2 heterocycles. The smallest absolute Gasteiger partial charge is 0.265 e. The highest BCUT2D eigenvalue weighted by atomic mass is 16.1. The van der Waals surface area contributed by atoms with E-state index in [2.05, 4.69) is 4.98 Å². The van der Waals surface area contributed by atoms with Crippen LogP contribution in [0.5, 0.6) is 0 Å². The van der Waals surface area contributed by atoms with Gasteiger partial charge >= 0.3 is 0 Å². The summed E-state index contributed by atoms with van der Waals surface area (Å²) in [7, 11) is 0. The molecule has 0 saturated heterocycles. The van der Waals surface area contributed by atoms with Crippen LogP contribution < -0.4 is 21.8 Å². The predicted molar refractivity (Wildman–Crippen MR) is 77.7 cm³/mol. The van der Waals surface area contributed by atoms with Gasteiger partial charge in [-0.25, -0.2) is 4.98 Å². The van der Waals surface area contributed by atoms with Gasteiger partial charge in [0.25, 0.3) is 5.56 Å². The zero-order valence-electron chi connectivity index (χ0n) is 10.5. The Morgan fingerprint density at radius 3 is 2.24 bits per heavy atom. The van der Waals surface area contributed by atoms with Crippen molar-refractivity contribution in [2.45, 2.75) is 0 Å². The molecule has 21 heavy (non-hydrogen) atoms. The van der Waals surface area contributed by atoms with E-state index in [1.807, 2.05) is 0 Å². The molecule has 0 atom stereocenters. The molecule has 0 fully saturated rings. The Morgan fingerprint density at radius 1 is 0.810 bits per heavy atom. The third kappa shape index (κ3) is 1.33. The van der Waals surface area contributed by atoms with Crippen LogP contribution in [0, 0.1) is 0 Å². The first kappa shape index (κ1) is 11.7. The lowest BCUT2D eigenvalue weighted by molar-refractivity contribution is 1.16. The van der Waals surface area contributed by atoms with E-state index in [4.69, 9.17) is 0 Å². The van der Waals surface area contributed by atoms with E-state index in [1.54, 1.807) is 12.1 Å². The van der Waals surface area contributed by atoms with Crippen molar-refractivity contribution in [3.8, 4) is 0 Å². The van der Waals surface area contributed by atoms with E-state index in [0.717, 1.165) is 16.5 Å². The molecule has 6 heteroatoms. The predicted octanol–water partition coefficient (Wildman–Crippen LogP) is -0.0429. The molecule has 6 nitrogen and oxygen atoms in total. The van der Waals surface area contributed by atoms with Gasteiger partial charge < -0.3 is 0 Å². The fourth-order valence-electron chi connectivity index (χ4n) is 2.59. The standard InChI is InChI=1S/C15H6N2O4/c18-9-5-6-10(19)12-11(9)16-14-13(20)7-3-1-2-4-8(7)15(21)17(12)14/h1-6H. The Bertz CT molecular complexity index is 1260. The molecule has 0 N–H and O–H groups in total. The molecule has 0 unspecified atom stereocenters. The first-order valence-electron chi connectivity index (χ1n) is 6.17. The average molecular weight is 278 g/mol. The second-order valence-corrected chi connectivity index (χ2v) is 4.71. The SMILES string of the molecule is O=c1ccc(=O)c2c1nc1c(=O)c3ccccc3c(=O)n12. The Kier molecular flexibility index (Phi) is 2.05. The fraction of sp³-hybridized carbons (Fsp3) is 0. The monoisotopic (exact) mass is 278 g/mol. The van der Waals surface area contributed by atoms with E-state index in [1.165, 1.54) is 12.1 Å². The van der Waals surface area contributed by atoms with Crippen LogP contribution in [0.25, 0.3) is 27.5 Å². The van der Waals surface area contributed by atoms with Crippen molar-refractivity contribution in [1.29, 1.82) is 0 Å². The molecule has 4 aromatic rings. The molecular formula is C15H6N2O4. The first-order valence-corrected chi connectivity index (χ1v) is 6.17. The summed E-state index contributed by atoms with van der Waals surface area (Å²) in [6.45, 7) is 0. The Hall–Kier alpha value is -3.15. The molecule has 4 rings (SSSR count). The van der Waals surface area contributed by atoms with Crippen molar-refractivity contribution in [3.63, 3.8) is 0 Å². The van der Waals surface area contributed by atoms with Gasteiger partial charge in [-0.15, -0.1) is 0 Å². The minimum absolute atomic E-state index is 0.134. The maximum absolute atomic E-state index is 12.5. The average Bonchev–Trinajstić information content (AvgIpc) is 2.91. The van der Waals surface area contributed by atoms with Crippen LogP contribution in [0.2, 0.25) is 0 Å². The van der Waals surface area contributed by atoms with Gasteiger partial charge in [-0.3, -0.25) is 23.6 Å². The number of benzene rings is 2. The van der Waals surface area contributed by atoms with Crippen LogP contribution >= 0.6 is 0 Å². The van der Waals surface area contributed by atoms with Gasteiger partial charge in [-0.1, -0.05) is 18.2 Å². The summed E-state index contributed by atoms with van der Waals surface area (Å²) in [5, 5.41) is 0.426. The van der Waals surface area contributed by atoms with E-state index in [0.29, 0.717) is 0 Å². The molecule has 100 valence electrons. The van der Waals surface area contributed by atoms with Crippen LogP contribution in [0.4, 0.5) is 0 Å². The van der Waals surface area contributed by atoms with E-state index < -0.39 is 21.8 Å². The lowest BCUT2D eigenvalue weighted by Crippen LogP contribution is -2.22. The van der Waals surface area contributed by atoms with E-state index in [9.17, 15) is 19.2 Å². The van der Waals surface area contributed by atoms with Crippen LogP contribution in [0.15, 0.2) is 55.6 Å². The molecule has 0 spiro atoms.